The van der Waals surface area contributed by atoms with Gasteiger partial charge in [0.15, 0.2) is 26.5 Å². The summed E-state index contributed by atoms with van der Waals surface area (Å²) >= 11 is 1.37. The fraction of sp³-hybridized carbons (Fsp3) is 0.333. The van der Waals surface area contributed by atoms with E-state index in [0.717, 1.165) is 11.3 Å². The molecule has 5 rings (SSSR count). The monoisotopic (exact) mass is 444 g/mol. The van der Waals surface area contributed by atoms with Gasteiger partial charge in [-0.2, -0.15) is 4.99 Å². The van der Waals surface area contributed by atoms with E-state index in [1.54, 1.807) is 0 Å². The molecule has 7 nitrogen and oxygen atoms in total. The van der Waals surface area contributed by atoms with Gasteiger partial charge in [0, 0.05) is 17.0 Å². The van der Waals surface area contributed by atoms with Crippen LogP contribution in [0.2, 0.25) is 0 Å². The van der Waals surface area contributed by atoms with E-state index in [4.69, 9.17) is 9.47 Å². The van der Waals surface area contributed by atoms with Gasteiger partial charge in [-0.05, 0) is 17.7 Å². The van der Waals surface area contributed by atoms with Crippen LogP contribution in [0.4, 0.5) is 5.69 Å². The largest absolute Gasteiger partial charge is 0.486 e. The van der Waals surface area contributed by atoms with Crippen molar-refractivity contribution >= 4 is 38.4 Å². The lowest BCUT2D eigenvalue weighted by molar-refractivity contribution is -0.117. The summed E-state index contributed by atoms with van der Waals surface area (Å²) < 4.78 is 35.7. The van der Waals surface area contributed by atoms with E-state index >= 15 is 0 Å². The summed E-state index contributed by atoms with van der Waals surface area (Å²) in [6, 6.07) is 14.7. The Balaban J connectivity index is 1.48. The Morgan fingerprint density at radius 2 is 1.83 bits per heavy atom. The van der Waals surface area contributed by atoms with E-state index < -0.39 is 9.84 Å². The van der Waals surface area contributed by atoms with Gasteiger partial charge >= 0.3 is 0 Å². The number of ether oxygens (including phenoxy) is 2. The summed E-state index contributed by atoms with van der Waals surface area (Å²) in [4.78, 5) is 18.9. The highest BCUT2D eigenvalue weighted by molar-refractivity contribution is 8.16. The van der Waals surface area contributed by atoms with Gasteiger partial charge in [-0.15, -0.1) is 0 Å². The highest BCUT2D eigenvalue weighted by Gasteiger charge is 2.49. The van der Waals surface area contributed by atoms with Crippen LogP contribution in [0.3, 0.4) is 0 Å². The molecule has 0 saturated carbocycles. The van der Waals surface area contributed by atoms with Crippen LogP contribution in [0, 0.1) is 0 Å². The number of nitrogens with zero attached hydrogens (tertiary/aromatic N) is 2. The van der Waals surface area contributed by atoms with Crippen LogP contribution in [0.15, 0.2) is 53.5 Å². The van der Waals surface area contributed by atoms with Crippen molar-refractivity contribution in [3.05, 3.63) is 54.1 Å². The molecular formula is C21H20N2O5S2. The topological polar surface area (TPSA) is 85.3 Å². The number of sulfone groups is 1. The Bertz CT molecular complexity index is 1120. The van der Waals surface area contributed by atoms with Crippen molar-refractivity contribution in [1.82, 2.24) is 0 Å². The van der Waals surface area contributed by atoms with Crippen molar-refractivity contribution in [3.8, 4) is 11.5 Å². The van der Waals surface area contributed by atoms with Crippen LogP contribution in [0.25, 0.3) is 0 Å². The van der Waals surface area contributed by atoms with Crippen molar-refractivity contribution in [3.63, 3.8) is 0 Å². The third-order valence-corrected chi connectivity index (χ3v) is 8.50. The molecule has 2 atom stereocenters. The molecule has 0 spiro atoms. The number of carbonyl (C=O) groups is 1. The number of benzene rings is 2. The number of anilines is 1. The lowest BCUT2D eigenvalue weighted by atomic mass is 10.1. The molecule has 0 radical (unpaired) electrons. The highest BCUT2D eigenvalue weighted by Crippen LogP contribution is 2.43. The smallest absolute Gasteiger partial charge is 0.252 e. The molecule has 0 N–H and O–H groups in total. The van der Waals surface area contributed by atoms with Crippen molar-refractivity contribution in [2.75, 3.05) is 29.6 Å². The lowest BCUT2D eigenvalue weighted by Crippen LogP contribution is -2.37. The van der Waals surface area contributed by atoms with Gasteiger partial charge in [-0.1, -0.05) is 42.1 Å². The first kappa shape index (κ1) is 19.4. The minimum Gasteiger partial charge on any atom is -0.486 e. The van der Waals surface area contributed by atoms with Crippen molar-refractivity contribution < 1.29 is 22.7 Å². The summed E-state index contributed by atoms with van der Waals surface area (Å²) in [5.74, 6) is 1.16. The number of carbonyl (C=O) groups excluding carboxylic acids is 1. The lowest BCUT2D eigenvalue weighted by Gasteiger charge is -2.26. The number of thioether (sulfide) groups is 1. The van der Waals surface area contributed by atoms with Gasteiger partial charge in [0.05, 0.1) is 24.0 Å². The van der Waals surface area contributed by atoms with Gasteiger partial charge < -0.3 is 14.4 Å². The maximum Gasteiger partial charge on any atom is 0.252 e. The number of amidine groups is 1. The number of aliphatic imine (C=N–C) groups is 1. The number of hydrogen-bond acceptors (Lipinski definition) is 6. The summed E-state index contributed by atoms with van der Waals surface area (Å²) in [6.45, 7) is 0.956. The van der Waals surface area contributed by atoms with Gasteiger partial charge in [-0.3, -0.25) is 4.79 Å². The zero-order valence-corrected chi connectivity index (χ0v) is 17.7. The molecule has 2 aromatic carbocycles. The molecule has 0 unspecified atom stereocenters. The normalized spacial score (nSPS) is 25.3. The summed E-state index contributed by atoms with van der Waals surface area (Å²) in [7, 11) is -3.12. The zero-order valence-electron chi connectivity index (χ0n) is 16.1. The van der Waals surface area contributed by atoms with E-state index in [0.29, 0.717) is 29.9 Å². The number of hydrogen-bond donors (Lipinski definition) is 0. The van der Waals surface area contributed by atoms with E-state index in [1.807, 2.05) is 53.4 Å². The third-order valence-electron chi connectivity index (χ3n) is 5.29. The van der Waals surface area contributed by atoms with Gasteiger partial charge in [0.2, 0.25) is 0 Å². The van der Waals surface area contributed by atoms with E-state index in [9.17, 15) is 13.2 Å². The SMILES string of the molecule is O=C(Cc1ccccc1)N=C1S[C@H]2CS(=O)(=O)C[C@H]2N1c1ccc2c(c1)OCCO2. The van der Waals surface area contributed by atoms with Crippen LogP contribution in [-0.2, 0) is 21.1 Å². The average molecular weight is 445 g/mol. The van der Waals surface area contributed by atoms with Gasteiger partial charge in [0.25, 0.3) is 5.91 Å². The predicted octanol–water partition coefficient (Wildman–Crippen LogP) is 2.30. The fourth-order valence-electron chi connectivity index (χ4n) is 3.96. The standard InChI is InChI=1S/C21H20N2O5S2/c24-20(10-14-4-2-1-3-5-14)22-21-23(16-12-30(25,26)13-19(16)29-21)15-6-7-17-18(11-15)28-9-8-27-17/h1-7,11,16,19H,8-10,12-13H2/t16-,19+/m1/s1. The molecule has 2 saturated heterocycles. The molecule has 0 aliphatic carbocycles. The Morgan fingerprint density at radius 1 is 1.07 bits per heavy atom. The van der Waals surface area contributed by atoms with Gasteiger partial charge in [0.1, 0.15) is 13.2 Å². The minimum absolute atomic E-state index is 0.0466. The molecule has 9 heteroatoms. The molecule has 1 amide bonds. The van der Waals surface area contributed by atoms with E-state index in [2.05, 4.69) is 4.99 Å². The van der Waals surface area contributed by atoms with Crippen molar-refractivity contribution in [1.29, 1.82) is 0 Å². The average Bonchev–Trinajstić information content (AvgIpc) is 3.19. The van der Waals surface area contributed by atoms with E-state index in [-0.39, 0.29) is 35.1 Å². The number of fused-ring (bicyclic) bond motifs is 2. The molecule has 0 bridgehead atoms. The molecule has 2 aromatic rings. The van der Waals surface area contributed by atoms with Crippen molar-refractivity contribution in [2.45, 2.75) is 17.7 Å². The van der Waals surface area contributed by atoms with Crippen LogP contribution < -0.4 is 14.4 Å². The number of rotatable bonds is 3. The zero-order chi connectivity index (χ0) is 20.7. The number of amides is 1. The second-order valence-corrected chi connectivity index (χ2v) is 10.8. The van der Waals surface area contributed by atoms with Crippen molar-refractivity contribution in [2.24, 2.45) is 4.99 Å². The first-order valence-corrected chi connectivity index (χ1v) is 12.4. The van der Waals surface area contributed by atoms with E-state index in [1.165, 1.54) is 11.8 Å². The Hall–Kier alpha value is -2.52. The molecule has 3 heterocycles. The first-order chi connectivity index (χ1) is 14.5. The van der Waals surface area contributed by atoms with Crippen LogP contribution in [0.1, 0.15) is 5.56 Å². The predicted molar refractivity (Wildman–Crippen MR) is 116 cm³/mol. The third kappa shape index (κ3) is 3.79. The minimum atomic E-state index is -3.12. The molecule has 3 aliphatic rings. The van der Waals surface area contributed by atoms with Crippen LogP contribution in [-0.4, -0.2) is 55.5 Å². The van der Waals surface area contributed by atoms with Gasteiger partial charge in [-0.25, -0.2) is 8.42 Å². The molecular weight excluding hydrogens is 424 g/mol. The summed E-state index contributed by atoms with van der Waals surface area (Å²) in [5.41, 5.74) is 1.64. The maximum absolute atomic E-state index is 12.6. The quantitative estimate of drug-likeness (QED) is 0.718. The van der Waals surface area contributed by atoms with Crippen LogP contribution in [0.5, 0.6) is 11.5 Å². The molecule has 3 aliphatic heterocycles. The van der Waals surface area contributed by atoms with Crippen LogP contribution >= 0.6 is 11.8 Å². The molecule has 2 fully saturated rings. The second-order valence-electron chi connectivity index (χ2n) is 7.45. The maximum atomic E-state index is 12.6. The molecule has 30 heavy (non-hydrogen) atoms. The fourth-order valence-corrected chi connectivity index (χ4v) is 7.90. The molecule has 0 aromatic heterocycles. The first-order valence-electron chi connectivity index (χ1n) is 9.70. The Kier molecular flexibility index (Phi) is 4.94. The highest BCUT2D eigenvalue weighted by atomic mass is 32.2. The Labute approximate surface area is 179 Å². The Morgan fingerprint density at radius 3 is 2.63 bits per heavy atom. The second kappa shape index (κ2) is 7.63. The molecule has 156 valence electrons. The summed E-state index contributed by atoms with van der Waals surface area (Å²) in [6.07, 6.45) is 0.202. The summed E-state index contributed by atoms with van der Waals surface area (Å²) in [5, 5.41) is 0.393.